The number of ether oxygens (including phenoxy) is 1. The molecule has 24 heavy (non-hydrogen) atoms. The van der Waals surface area contributed by atoms with Crippen LogP contribution in [0.3, 0.4) is 0 Å². The topological polar surface area (TPSA) is 61.7 Å². The summed E-state index contributed by atoms with van der Waals surface area (Å²) in [6.45, 7) is 0.661. The summed E-state index contributed by atoms with van der Waals surface area (Å²) in [7, 11) is 1.69. The Kier molecular flexibility index (Phi) is 3.54. The number of aromatic hydroxyl groups is 2. The van der Waals surface area contributed by atoms with E-state index in [1.165, 1.54) is 10.9 Å². The van der Waals surface area contributed by atoms with Gasteiger partial charge in [0.2, 0.25) is 0 Å². The summed E-state index contributed by atoms with van der Waals surface area (Å²) in [5.41, 5.74) is 3.30. The van der Waals surface area contributed by atoms with Gasteiger partial charge in [-0.3, -0.25) is 0 Å². The average molecular weight is 321 g/mol. The molecule has 0 saturated heterocycles. The minimum atomic E-state index is -0.0658. The van der Waals surface area contributed by atoms with E-state index in [2.05, 4.69) is 23.5 Å². The van der Waals surface area contributed by atoms with E-state index in [-0.39, 0.29) is 17.5 Å². The quantitative estimate of drug-likeness (QED) is 0.631. The van der Waals surface area contributed by atoms with Gasteiger partial charge >= 0.3 is 0 Å². The smallest absolute Gasteiger partial charge is 0.157 e. The number of hydrogen-bond donors (Lipinski definition) is 3. The molecule has 1 heterocycles. The summed E-state index contributed by atoms with van der Waals surface area (Å²) in [5, 5.41) is 25.2. The summed E-state index contributed by atoms with van der Waals surface area (Å²) in [6, 6.07) is 15.8. The largest absolute Gasteiger partial charge is 0.504 e. The molecule has 0 fully saturated rings. The van der Waals surface area contributed by atoms with Gasteiger partial charge in [0.25, 0.3) is 0 Å². The van der Waals surface area contributed by atoms with Crippen molar-refractivity contribution in [3.63, 3.8) is 0 Å². The van der Waals surface area contributed by atoms with Gasteiger partial charge in [-0.2, -0.15) is 0 Å². The molecule has 0 bridgehead atoms. The van der Waals surface area contributed by atoms with Gasteiger partial charge in [0.15, 0.2) is 11.5 Å². The third-order valence-corrected chi connectivity index (χ3v) is 4.77. The van der Waals surface area contributed by atoms with E-state index in [0.717, 1.165) is 28.7 Å². The zero-order valence-corrected chi connectivity index (χ0v) is 13.4. The van der Waals surface area contributed by atoms with Gasteiger partial charge in [-0.25, -0.2) is 0 Å². The Morgan fingerprint density at radius 2 is 1.67 bits per heavy atom. The summed E-state index contributed by atoms with van der Waals surface area (Å²) < 4.78 is 5.47. The summed E-state index contributed by atoms with van der Waals surface area (Å²) in [6.07, 6.45) is 0.763. The molecule has 0 amide bonds. The minimum Gasteiger partial charge on any atom is -0.504 e. The number of hydrogen-bond acceptors (Lipinski definition) is 4. The van der Waals surface area contributed by atoms with Gasteiger partial charge in [-0.05, 0) is 46.7 Å². The highest BCUT2D eigenvalue weighted by Crippen LogP contribution is 2.37. The van der Waals surface area contributed by atoms with E-state index >= 15 is 0 Å². The van der Waals surface area contributed by atoms with E-state index in [9.17, 15) is 10.2 Å². The van der Waals surface area contributed by atoms with Crippen molar-refractivity contribution in [2.24, 2.45) is 0 Å². The Morgan fingerprint density at radius 1 is 0.958 bits per heavy atom. The van der Waals surface area contributed by atoms with Crippen molar-refractivity contribution in [3.8, 4) is 17.2 Å². The van der Waals surface area contributed by atoms with E-state index in [1.807, 2.05) is 18.2 Å². The SMILES string of the molecule is COc1ccc(C2Cc3cc(O)c(O)cc3CN2)c2ccccc12. The molecule has 3 N–H and O–H groups in total. The molecule has 1 unspecified atom stereocenters. The first kappa shape index (κ1) is 14.8. The Morgan fingerprint density at radius 3 is 2.42 bits per heavy atom. The van der Waals surface area contributed by atoms with Crippen LogP contribution in [-0.2, 0) is 13.0 Å². The molecule has 3 aromatic carbocycles. The molecule has 122 valence electrons. The second-order valence-corrected chi connectivity index (χ2v) is 6.15. The van der Waals surface area contributed by atoms with Crippen LogP contribution in [0, 0.1) is 0 Å². The molecule has 0 aromatic heterocycles. The van der Waals surface area contributed by atoms with Gasteiger partial charge in [0.1, 0.15) is 5.75 Å². The second-order valence-electron chi connectivity index (χ2n) is 6.15. The zero-order valence-electron chi connectivity index (χ0n) is 13.4. The van der Waals surface area contributed by atoms with Crippen LogP contribution in [0.1, 0.15) is 22.7 Å². The lowest BCUT2D eigenvalue weighted by Gasteiger charge is -2.28. The van der Waals surface area contributed by atoms with Gasteiger partial charge in [0.05, 0.1) is 7.11 Å². The first-order valence-electron chi connectivity index (χ1n) is 8.00. The predicted octanol–water partition coefficient (Wildman–Crippen LogP) is 3.65. The van der Waals surface area contributed by atoms with Crippen LogP contribution >= 0.6 is 0 Å². The Bertz CT molecular complexity index is 920. The van der Waals surface area contributed by atoms with Crippen LogP contribution in [0.15, 0.2) is 48.5 Å². The van der Waals surface area contributed by atoms with Crippen molar-refractivity contribution in [1.82, 2.24) is 5.32 Å². The molecule has 0 spiro atoms. The molecular formula is C20H19NO3. The second kappa shape index (κ2) is 5.73. The maximum Gasteiger partial charge on any atom is 0.157 e. The van der Waals surface area contributed by atoms with Crippen molar-refractivity contribution in [2.75, 3.05) is 7.11 Å². The van der Waals surface area contributed by atoms with Crippen molar-refractivity contribution in [2.45, 2.75) is 19.0 Å². The number of phenols is 2. The van der Waals surface area contributed by atoms with Gasteiger partial charge in [0, 0.05) is 18.0 Å². The van der Waals surface area contributed by atoms with Crippen LogP contribution in [-0.4, -0.2) is 17.3 Å². The Hall–Kier alpha value is -2.72. The standard InChI is InChI=1S/C20H19NO3/c1-24-20-7-6-15(14-4-2-3-5-16(14)20)17-8-12-9-18(22)19(23)10-13(12)11-21-17/h2-7,9-10,17,21-23H,8,11H2,1H3. The fraction of sp³-hybridized carbons (Fsp3) is 0.200. The minimum absolute atomic E-state index is 0.0611. The average Bonchev–Trinajstić information content (AvgIpc) is 2.61. The number of fused-ring (bicyclic) bond motifs is 2. The maximum atomic E-state index is 9.79. The molecule has 1 aliphatic rings. The molecule has 4 heteroatoms. The zero-order chi connectivity index (χ0) is 16.7. The van der Waals surface area contributed by atoms with Gasteiger partial charge in [-0.15, -0.1) is 0 Å². The van der Waals surface area contributed by atoms with Crippen LogP contribution in [0.4, 0.5) is 0 Å². The van der Waals surface area contributed by atoms with Gasteiger partial charge < -0.3 is 20.3 Å². The summed E-state index contributed by atoms with van der Waals surface area (Å²) in [4.78, 5) is 0. The summed E-state index contributed by atoms with van der Waals surface area (Å²) >= 11 is 0. The van der Waals surface area contributed by atoms with Crippen LogP contribution in [0.5, 0.6) is 17.2 Å². The first-order valence-corrected chi connectivity index (χ1v) is 8.00. The molecule has 3 aromatic rings. The number of phenolic OH excluding ortho intramolecular Hbond substituents is 2. The number of methoxy groups -OCH3 is 1. The fourth-order valence-electron chi connectivity index (χ4n) is 3.54. The summed E-state index contributed by atoms with van der Waals surface area (Å²) in [5.74, 6) is 0.742. The highest BCUT2D eigenvalue weighted by Gasteiger charge is 2.23. The normalized spacial score (nSPS) is 16.8. The van der Waals surface area contributed by atoms with Crippen LogP contribution in [0.25, 0.3) is 10.8 Å². The molecule has 0 aliphatic carbocycles. The molecule has 4 nitrogen and oxygen atoms in total. The predicted molar refractivity (Wildman–Crippen MR) is 93.6 cm³/mol. The lowest BCUT2D eigenvalue weighted by atomic mass is 9.89. The van der Waals surface area contributed by atoms with E-state index < -0.39 is 0 Å². The highest BCUT2D eigenvalue weighted by atomic mass is 16.5. The van der Waals surface area contributed by atoms with Crippen molar-refractivity contribution in [3.05, 3.63) is 65.2 Å². The third-order valence-electron chi connectivity index (χ3n) is 4.77. The fourth-order valence-corrected chi connectivity index (χ4v) is 3.54. The van der Waals surface area contributed by atoms with E-state index in [0.29, 0.717) is 6.54 Å². The van der Waals surface area contributed by atoms with E-state index in [1.54, 1.807) is 19.2 Å². The molecular weight excluding hydrogens is 302 g/mol. The number of benzene rings is 3. The molecule has 0 radical (unpaired) electrons. The first-order chi connectivity index (χ1) is 11.7. The lowest BCUT2D eigenvalue weighted by molar-refractivity contribution is 0.399. The van der Waals surface area contributed by atoms with Crippen LogP contribution < -0.4 is 10.1 Å². The third kappa shape index (κ3) is 2.36. The number of rotatable bonds is 2. The Balaban J connectivity index is 1.78. The highest BCUT2D eigenvalue weighted by molar-refractivity contribution is 5.91. The van der Waals surface area contributed by atoms with Crippen molar-refractivity contribution >= 4 is 10.8 Å². The molecule has 0 saturated carbocycles. The molecule has 4 rings (SSSR count). The van der Waals surface area contributed by atoms with Crippen LogP contribution in [0.2, 0.25) is 0 Å². The lowest BCUT2D eigenvalue weighted by Crippen LogP contribution is -2.28. The Labute approximate surface area is 140 Å². The molecule has 1 atom stereocenters. The number of nitrogens with one attached hydrogen (secondary N) is 1. The van der Waals surface area contributed by atoms with E-state index in [4.69, 9.17) is 4.74 Å². The monoisotopic (exact) mass is 321 g/mol. The van der Waals surface area contributed by atoms with Gasteiger partial charge in [-0.1, -0.05) is 30.3 Å². The molecule has 1 aliphatic heterocycles. The van der Waals surface area contributed by atoms with Crippen molar-refractivity contribution in [1.29, 1.82) is 0 Å². The maximum absolute atomic E-state index is 9.79. The van der Waals surface area contributed by atoms with Crippen molar-refractivity contribution < 1.29 is 14.9 Å².